The number of rotatable bonds is 2. The van der Waals surface area contributed by atoms with E-state index in [0.717, 1.165) is 17.8 Å². The monoisotopic (exact) mass is 351 g/mol. The molecule has 0 radical (unpaired) electrons. The molecule has 0 spiro atoms. The van der Waals surface area contributed by atoms with Crippen LogP contribution >= 0.6 is 11.6 Å². The second-order valence-corrected chi connectivity index (χ2v) is 6.09. The zero-order chi connectivity index (χ0) is 17.3. The molecule has 0 bridgehead atoms. The van der Waals surface area contributed by atoms with E-state index in [1.807, 2.05) is 11.0 Å². The van der Waals surface area contributed by atoms with Crippen LogP contribution in [0.25, 0.3) is 0 Å². The number of anilines is 1. The lowest BCUT2D eigenvalue weighted by Gasteiger charge is -2.36. The third kappa shape index (κ3) is 3.19. The first kappa shape index (κ1) is 16.6. The van der Waals surface area contributed by atoms with Crippen molar-refractivity contribution in [2.75, 3.05) is 31.1 Å². The Labute approximate surface area is 143 Å². The molecule has 126 valence electrons. The highest BCUT2D eigenvalue weighted by Crippen LogP contribution is 2.25. The molecule has 0 N–H and O–H groups in total. The fourth-order valence-corrected chi connectivity index (χ4v) is 2.99. The molecule has 7 heteroatoms. The van der Waals surface area contributed by atoms with Crippen molar-refractivity contribution in [2.45, 2.75) is 6.92 Å². The second-order valence-electron chi connectivity index (χ2n) is 5.69. The van der Waals surface area contributed by atoms with Crippen molar-refractivity contribution in [2.24, 2.45) is 0 Å². The minimum atomic E-state index is -0.696. The van der Waals surface area contributed by atoms with Gasteiger partial charge in [-0.2, -0.15) is 0 Å². The normalized spacial score (nSPS) is 14.8. The summed E-state index contributed by atoms with van der Waals surface area (Å²) in [6, 6.07) is 3.84. The predicted molar refractivity (Wildman–Crippen MR) is 88.5 cm³/mol. The molecule has 1 aliphatic rings. The van der Waals surface area contributed by atoms with Gasteiger partial charge in [-0.3, -0.25) is 9.78 Å². The number of carbonyl (C=O) groups excluding carboxylic acids is 1. The molecule has 1 fully saturated rings. The van der Waals surface area contributed by atoms with Crippen molar-refractivity contribution < 1.29 is 13.6 Å². The molecule has 4 nitrogen and oxygen atoms in total. The Bertz CT molecular complexity index is 776. The molecular weight excluding hydrogens is 336 g/mol. The van der Waals surface area contributed by atoms with Crippen LogP contribution in [-0.2, 0) is 0 Å². The fraction of sp³-hybridized carbons (Fsp3) is 0.294. The van der Waals surface area contributed by atoms with Crippen LogP contribution < -0.4 is 4.90 Å². The third-order valence-electron chi connectivity index (χ3n) is 4.14. The van der Waals surface area contributed by atoms with Gasteiger partial charge >= 0.3 is 0 Å². The van der Waals surface area contributed by atoms with E-state index < -0.39 is 17.5 Å². The number of pyridine rings is 1. The molecule has 24 heavy (non-hydrogen) atoms. The Morgan fingerprint density at radius 1 is 1.17 bits per heavy atom. The van der Waals surface area contributed by atoms with Gasteiger partial charge in [0.15, 0.2) is 0 Å². The summed E-state index contributed by atoms with van der Waals surface area (Å²) in [4.78, 5) is 20.0. The van der Waals surface area contributed by atoms with Crippen LogP contribution in [0.3, 0.4) is 0 Å². The van der Waals surface area contributed by atoms with Crippen LogP contribution in [0.15, 0.2) is 30.6 Å². The van der Waals surface area contributed by atoms with E-state index in [1.165, 1.54) is 11.8 Å². The first-order valence-corrected chi connectivity index (χ1v) is 7.94. The lowest BCUT2D eigenvalue weighted by molar-refractivity contribution is 0.0741. The third-order valence-corrected chi connectivity index (χ3v) is 4.43. The standard InChI is InChI=1S/C17H16ClF2N3O/c1-11-8-15(20)12(9-14(11)19)17(24)23-6-4-22(5-7-23)16-2-3-21-10-13(16)18/h2-3,8-10H,4-7H2,1H3. The Kier molecular flexibility index (Phi) is 4.66. The molecule has 2 heterocycles. The van der Waals surface area contributed by atoms with E-state index >= 15 is 0 Å². The molecule has 0 atom stereocenters. The van der Waals surface area contributed by atoms with E-state index in [9.17, 15) is 13.6 Å². The van der Waals surface area contributed by atoms with Crippen molar-refractivity contribution >= 4 is 23.2 Å². The van der Waals surface area contributed by atoms with E-state index in [-0.39, 0.29) is 11.1 Å². The van der Waals surface area contributed by atoms with Crippen molar-refractivity contribution in [3.8, 4) is 0 Å². The summed E-state index contributed by atoms with van der Waals surface area (Å²) in [7, 11) is 0. The molecule has 0 saturated carbocycles. The van der Waals surface area contributed by atoms with E-state index in [0.29, 0.717) is 31.2 Å². The van der Waals surface area contributed by atoms with Gasteiger partial charge < -0.3 is 9.80 Å². The zero-order valence-electron chi connectivity index (χ0n) is 13.1. The summed E-state index contributed by atoms with van der Waals surface area (Å²) >= 11 is 6.13. The molecule has 1 aromatic carbocycles. The van der Waals surface area contributed by atoms with Crippen LogP contribution in [0.5, 0.6) is 0 Å². The number of benzene rings is 1. The number of carbonyl (C=O) groups is 1. The molecule has 0 aliphatic carbocycles. The highest BCUT2D eigenvalue weighted by molar-refractivity contribution is 6.33. The van der Waals surface area contributed by atoms with Gasteiger partial charge in [0.1, 0.15) is 11.6 Å². The number of piperazine rings is 1. The summed E-state index contributed by atoms with van der Waals surface area (Å²) in [5.74, 6) is -1.77. The van der Waals surface area contributed by atoms with Crippen LogP contribution in [0.4, 0.5) is 14.5 Å². The zero-order valence-corrected chi connectivity index (χ0v) is 13.9. The number of aromatic nitrogens is 1. The van der Waals surface area contributed by atoms with Crippen LogP contribution in [-0.4, -0.2) is 42.0 Å². The van der Waals surface area contributed by atoms with Gasteiger partial charge in [0.25, 0.3) is 5.91 Å². The minimum absolute atomic E-state index is 0.182. The molecule has 3 rings (SSSR count). The first-order chi connectivity index (χ1) is 11.5. The van der Waals surface area contributed by atoms with E-state index in [1.54, 1.807) is 12.4 Å². The second kappa shape index (κ2) is 6.73. The molecule has 1 aromatic heterocycles. The highest BCUT2D eigenvalue weighted by atomic mass is 35.5. The SMILES string of the molecule is Cc1cc(F)c(C(=O)N2CCN(c3ccncc3Cl)CC2)cc1F. The lowest BCUT2D eigenvalue weighted by atomic mass is 10.1. The number of aryl methyl sites for hydroxylation is 1. The maximum absolute atomic E-state index is 14.0. The topological polar surface area (TPSA) is 36.4 Å². The number of amides is 1. The van der Waals surface area contributed by atoms with Gasteiger partial charge in [0.05, 0.1) is 16.3 Å². The molecule has 2 aromatic rings. The predicted octanol–water partition coefficient (Wildman–Crippen LogP) is 3.28. The summed E-state index contributed by atoms with van der Waals surface area (Å²) in [5, 5.41) is 0.545. The van der Waals surface area contributed by atoms with Crippen molar-refractivity contribution in [3.05, 3.63) is 58.4 Å². The average Bonchev–Trinajstić information content (AvgIpc) is 2.58. The van der Waals surface area contributed by atoms with Crippen LogP contribution in [0.1, 0.15) is 15.9 Å². The molecule has 0 unspecified atom stereocenters. The van der Waals surface area contributed by atoms with Gasteiger partial charge in [-0.05, 0) is 30.7 Å². The van der Waals surface area contributed by atoms with Crippen molar-refractivity contribution in [3.63, 3.8) is 0 Å². The van der Waals surface area contributed by atoms with Crippen molar-refractivity contribution in [1.29, 1.82) is 0 Å². The quantitative estimate of drug-likeness (QED) is 0.833. The van der Waals surface area contributed by atoms with Gasteiger partial charge in [-0.15, -0.1) is 0 Å². The van der Waals surface area contributed by atoms with Gasteiger partial charge in [-0.1, -0.05) is 11.6 Å². The summed E-state index contributed by atoms with van der Waals surface area (Å²) < 4.78 is 27.6. The van der Waals surface area contributed by atoms with Crippen molar-refractivity contribution in [1.82, 2.24) is 9.88 Å². The Morgan fingerprint density at radius 2 is 1.88 bits per heavy atom. The fourth-order valence-electron chi connectivity index (χ4n) is 2.76. The van der Waals surface area contributed by atoms with E-state index in [2.05, 4.69) is 4.98 Å². The smallest absolute Gasteiger partial charge is 0.257 e. The highest BCUT2D eigenvalue weighted by Gasteiger charge is 2.25. The van der Waals surface area contributed by atoms with Crippen LogP contribution in [0, 0.1) is 18.6 Å². The first-order valence-electron chi connectivity index (χ1n) is 7.56. The van der Waals surface area contributed by atoms with Crippen LogP contribution in [0.2, 0.25) is 5.02 Å². The number of hydrogen-bond acceptors (Lipinski definition) is 3. The van der Waals surface area contributed by atoms with E-state index in [4.69, 9.17) is 11.6 Å². The molecule has 1 amide bonds. The number of nitrogens with zero attached hydrogens (tertiary/aromatic N) is 3. The molecule has 1 aliphatic heterocycles. The summed E-state index contributed by atoms with van der Waals surface area (Å²) in [6.45, 7) is 3.40. The van der Waals surface area contributed by atoms with Gasteiger partial charge in [-0.25, -0.2) is 8.78 Å². The summed E-state index contributed by atoms with van der Waals surface area (Å²) in [6.07, 6.45) is 3.22. The van der Waals surface area contributed by atoms with Gasteiger partial charge in [0.2, 0.25) is 0 Å². The van der Waals surface area contributed by atoms with Gasteiger partial charge in [0, 0.05) is 38.6 Å². The Balaban J connectivity index is 1.72. The minimum Gasteiger partial charge on any atom is -0.367 e. The average molecular weight is 352 g/mol. The summed E-state index contributed by atoms with van der Waals surface area (Å²) in [5.41, 5.74) is 0.806. The largest absolute Gasteiger partial charge is 0.367 e. The number of halogens is 3. The molecular formula is C17H16ClF2N3O. The maximum atomic E-state index is 14.0. The molecule has 1 saturated heterocycles. The lowest BCUT2D eigenvalue weighted by Crippen LogP contribution is -2.49. The Hall–Kier alpha value is -2.21. The maximum Gasteiger partial charge on any atom is 0.257 e. The number of hydrogen-bond donors (Lipinski definition) is 0. The Morgan fingerprint density at radius 3 is 2.54 bits per heavy atom.